The number of aromatic nitrogens is 2. The van der Waals surface area contributed by atoms with E-state index in [0.717, 1.165) is 52.4 Å². The van der Waals surface area contributed by atoms with Gasteiger partial charge in [0, 0.05) is 35.6 Å². The summed E-state index contributed by atoms with van der Waals surface area (Å²) in [5.74, 6) is -0.176. The highest BCUT2D eigenvalue weighted by atomic mass is 32.2. The van der Waals surface area contributed by atoms with Gasteiger partial charge in [0.2, 0.25) is 0 Å². The van der Waals surface area contributed by atoms with Gasteiger partial charge in [-0.2, -0.15) is 0 Å². The molecule has 1 N–H and O–H groups in total. The SMILES string of the molecule is CCOC(=O)C1CCCN(Cc2cnc(-c3cc4cccc(N(C(C)C)S(=O)(=O)c5cccs5)c4[nH]3)s2)C1. The molecule has 4 aromatic rings. The van der Waals surface area contributed by atoms with Crippen LogP contribution in [0.1, 0.15) is 38.5 Å². The fourth-order valence-corrected chi connectivity index (χ4v) is 8.69. The van der Waals surface area contributed by atoms with Gasteiger partial charge in [0.25, 0.3) is 10.0 Å². The average molecular weight is 573 g/mol. The van der Waals surface area contributed by atoms with Gasteiger partial charge in [0.1, 0.15) is 9.22 Å². The summed E-state index contributed by atoms with van der Waals surface area (Å²) < 4.78 is 34.1. The molecular weight excluding hydrogens is 541 g/mol. The lowest BCUT2D eigenvalue weighted by Crippen LogP contribution is -2.38. The van der Waals surface area contributed by atoms with E-state index in [9.17, 15) is 13.2 Å². The molecule has 0 bridgehead atoms. The molecule has 1 aliphatic rings. The smallest absolute Gasteiger partial charge is 0.310 e. The van der Waals surface area contributed by atoms with E-state index in [1.54, 1.807) is 28.8 Å². The fraction of sp³-hybridized carbons (Fsp3) is 0.407. The van der Waals surface area contributed by atoms with Gasteiger partial charge in [-0.3, -0.25) is 14.0 Å². The number of para-hydroxylation sites is 1. The first-order valence-electron chi connectivity index (χ1n) is 12.8. The van der Waals surface area contributed by atoms with Crippen molar-refractivity contribution >= 4 is 55.3 Å². The molecule has 202 valence electrons. The van der Waals surface area contributed by atoms with E-state index in [2.05, 4.69) is 14.9 Å². The molecule has 0 amide bonds. The van der Waals surface area contributed by atoms with E-state index in [1.165, 1.54) is 15.6 Å². The van der Waals surface area contributed by atoms with Gasteiger partial charge >= 0.3 is 5.97 Å². The van der Waals surface area contributed by atoms with Crippen molar-refractivity contribution in [1.29, 1.82) is 0 Å². The number of aromatic amines is 1. The zero-order chi connectivity index (χ0) is 26.9. The molecule has 38 heavy (non-hydrogen) atoms. The van der Waals surface area contributed by atoms with Crippen molar-refractivity contribution in [2.24, 2.45) is 5.92 Å². The Morgan fingerprint density at radius 1 is 1.29 bits per heavy atom. The number of rotatable bonds is 9. The Morgan fingerprint density at radius 2 is 2.13 bits per heavy atom. The molecule has 1 saturated heterocycles. The quantitative estimate of drug-likeness (QED) is 0.257. The number of likely N-dealkylation sites (tertiary alicyclic amines) is 1. The molecule has 1 atom stereocenters. The van der Waals surface area contributed by atoms with Crippen molar-refractivity contribution in [3.63, 3.8) is 0 Å². The van der Waals surface area contributed by atoms with Gasteiger partial charge in [0.15, 0.2) is 0 Å². The van der Waals surface area contributed by atoms with Crippen LogP contribution >= 0.6 is 22.7 Å². The molecular formula is C27H32N4O4S3. The number of thiophene rings is 1. The van der Waals surface area contributed by atoms with E-state index in [0.29, 0.717) is 23.0 Å². The van der Waals surface area contributed by atoms with Crippen molar-refractivity contribution in [2.45, 2.75) is 50.4 Å². The number of carbonyl (C=O) groups excluding carboxylic acids is 1. The van der Waals surface area contributed by atoms with Gasteiger partial charge in [-0.15, -0.1) is 22.7 Å². The Kier molecular flexibility index (Phi) is 7.90. The number of sulfonamides is 1. The fourth-order valence-electron chi connectivity index (χ4n) is 5.01. The second kappa shape index (κ2) is 11.2. The van der Waals surface area contributed by atoms with Gasteiger partial charge in [-0.05, 0) is 63.7 Å². The number of piperidine rings is 1. The predicted molar refractivity (Wildman–Crippen MR) is 153 cm³/mol. The third-order valence-corrected chi connectivity index (χ3v) is 11.0. The van der Waals surface area contributed by atoms with Gasteiger partial charge in [-0.25, -0.2) is 13.4 Å². The van der Waals surface area contributed by atoms with Crippen LogP contribution in [-0.4, -0.2) is 55.0 Å². The number of benzene rings is 1. The summed E-state index contributed by atoms with van der Waals surface area (Å²) in [6.07, 6.45) is 3.74. The van der Waals surface area contributed by atoms with Crippen LogP contribution in [0, 0.1) is 5.92 Å². The molecule has 8 nitrogen and oxygen atoms in total. The summed E-state index contributed by atoms with van der Waals surface area (Å²) in [7, 11) is -3.70. The lowest BCUT2D eigenvalue weighted by atomic mass is 9.98. The summed E-state index contributed by atoms with van der Waals surface area (Å²) in [6.45, 7) is 8.40. The number of thiazole rings is 1. The first-order valence-corrected chi connectivity index (χ1v) is 15.9. The van der Waals surface area contributed by atoms with Crippen molar-refractivity contribution in [2.75, 3.05) is 24.0 Å². The number of hydrogen-bond acceptors (Lipinski definition) is 8. The highest BCUT2D eigenvalue weighted by Gasteiger charge is 2.30. The zero-order valence-corrected chi connectivity index (χ0v) is 24.2. The van der Waals surface area contributed by atoms with Gasteiger partial charge in [0.05, 0.1) is 29.4 Å². The average Bonchev–Trinajstić information content (AvgIpc) is 3.65. The number of hydrogen-bond donors (Lipinski definition) is 1. The van der Waals surface area contributed by atoms with Crippen molar-refractivity contribution < 1.29 is 17.9 Å². The molecule has 1 unspecified atom stereocenters. The largest absolute Gasteiger partial charge is 0.466 e. The van der Waals surface area contributed by atoms with Gasteiger partial charge in [-0.1, -0.05) is 18.2 Å². The minimum atomic E-state index is -3.70. The molecule has 1 fully saturated rings. The number of nitrogens with one attached hydrogen (secondary N) is 1. The predicted octanol–water partition coefficient (Wildman–Crippen LogP) is 5.73. The highest BCUT2D eigenvalue weighted by Crippen LogP contribution is 2.36. The molecule has 1 aliphatic heterocycles. The van der Waals surface area contributed by atoms with Crippen LogP contribution in [0.3, 0.4) is 0 Å². The van der Waals surface area contributed by atoms with Crippen LogP contribution in [0.2, 0.25) is 0 Å². The number of fused-ring (bicyclic) bond motifs is 1. The van der Waals surface area contributed by atoms with Crippen molar-refractivity contribution in [1.82, 2.24) is 14.9 Å². The van der Waals surface area contributed by atoms with E-state index < -0.39 is 10.0 Å². The summed E-state index contributed by atoms with van der Waals surface area (Å²) in [5.41, 5.74) is 2.23. The molecule has 0 radical (unpaired) electrons. The number of anilines is 1. The van der Waals surface area contributed by atoms with Crippen LogP contribution in [0.25, 0.3) is 21.6 Å². The Labute approximate surface area is 231 Å². The van der Waals surface area contributed by atoms with Crippen LogP contribution in [0.4, 0.5) is 5.69 Å². The second-order valence-electron chi connectivity index (χ2n) is 9.71. The van der Waals surface area contributed by atoms with Crippen LogP contribution < -0.4 is 4.31 Å². The van der Waals surface area contributed by atoms with E-state index in [1.807, 2.05) is 51.2 Å². The molecule has 5 rings (SSSR count). The van der Waals surface area contributed by atoms with Crippen molar-refractivity contribution in [3.05, 3.63) is 52.9 Å². The maximum absolute atomic E-state index is 13.5. The third-order valence-electron chi connectivity index (χ3n) is 6.64. The highest BCUT2D eigenvalue weighted by molar-refractivity contribution is 7.94. The number of ether oxygens (including phenoxy) is 1. The van der Waals surface area contributed by atoms with E-state index >= 15 is 0 Å². The molecule has 11 heteroatoms. The first kappa shape index (κ1) is 26.9. The second-order valence-corrected chi connectivity index (χ2v) is 13.8. The van der Waals surface area contributed by atoms with E-state index in [4.69, 9.17) is 4.74 Å². The summed E-state index contributed by atoms with van der Waals surface area (Å²) in [6, 6.07) is 10.9. The normalized spacial score (nSPS) is 16.8. The lowest BCUT2D eigenvalue weighted by molar-refractivity contribution is -0.150. The van der Waals surface area contributed by atoms with Crippen LogP contribution in [0.5, 0.6) is 0 Å². The molecule has 0 spiro atoms. The Morgan fingerprint density at radius 3 is 2.87 bits per heavy atom. The summed E-state index contributed by atoms with van der Waals surface area (Å²) in [5, 5.41) is 3.55. The number of esters is 1. The van der Waals surface area contributed by atoms with E-state index in [-0.39, 0.29) is 17.9 Å². The number of H-pyrrole nitrogens is 1. The maximum atomic E-state index is 13.5. The Balaban J connectivity index is 1.40. The molecule has 0 aliphatic carbocycles. The summed E-state index contributed by atoms with van der Waals surface area (Å²) >= 11 is 2.83. The van der Waals surface area contributed by atoms with Crippen LogP contribution in [0.15, 0.2) is 52.2 Å². The zero-order valence-electron chi connectivity index (χ0n) is 21.7. The monoisotopic (exact) mass is 572 g/mol. The maximum Gasteiger partial charge on any atom is 0.310 e. The number of nitrogens with zero attached hydrogens (tertiary/aromatic N) is 3. The minimum Gasteiger partial charge on any atom is -0.466 e. The Bertz CT molecular complexity index is 1510. The topological polar surface area (TPSA) is 95.6 Å². The van der Waals surface area contributed by atoms with Gasteiger partial charge < -0.3 is 9.72 Å². The molecule has 3 aromatic heterocycles. The lowest BCUT2D eigenvalue weighted by Gasteiger charge is -2.30. The molecule has 4 heterocycles. The molecule has 1 aromatic carbocycles. The van der Waals surface area contributed by atoms with Crippen LogP contribution in [-0.2, 0) is 26.1 Å². The summed E-state index contributed by atoms with van der Waals surface area (Å²) in [4.78, 5) is 23.7. The Hall–Kier alpha value is -2.73. The molecule has 0 saturated carbocycles. The number of carbonyl (C=O) groups is 1. The first-order chi connectivity index (χ1) is 18.3. The third kappa shape index (κ3) is 5.38. The van der Waals surface area contributed by atoms with Crippen molar-refractivity contribution in [3.8, 4) is 10.7 Å². The minimum absolute atomic E-state index is 0.0717. The standard InChI is InChI=1S/C27H32N4O4S3/c1-4-35-27(32)20-9-6-12-30(16-20)17-21-15-28-26(37-21)22-14-19-8-5-10-23(25(19)29-22)31(18(2)3)38(33,34)24-11-7-13-36-24/h5,7-8,10-11,13-15,18,20,29H,4,6,9,12,16-17H2,1-3H3.